The van der Waals surface area contributed by atoms with Gasteiger partial charge in [0.2, 0.25) is 5.91 Å². The SMILES string of the molecule is CN=C(NCC1(O)CCCC1)NC1CCN(C(=O)C2CCCCC2)C1.I. The highest BCUT2D eigenvalue weighted by molar-refractivity contribution is 14.0. The van der Waals surface area contributed by atoms with Crippen LogP contribution in [-0.2, 0) is 4.79 Å². The molecule has 0 spiro atoms. The van der Waals surface area contributed by atoms with Crippen LogP contribution in [0.5, 0.6) is 0 Å². The summed E-state index contributed by atoms with van der Waals surface area (Å²) in [6, 6.07) is 0.247. The Morgan fingerprint density at radius 3 is 2.50 bits per heavy atom. The average Bonchev–Trinajstić information content (AvgIpc) is 3.28. The molecule has 2 saturated carbocycles. The van der Waals surface area contributed by atoms with Crippen molar-refractivity contribution in [3.05, 3.63) is 0 Å². The molecule has 1 heterocycles. The molecule has 6 nitrogen and oxygen atoms in total. The number of nitrogens with one attached hydrogen (secondary N) is 2. The minimum absolute atomic E-state index is 0. The topological polar surface area (TPSA) is 77.0 Å². The second-order valence-corrected chi connectivity index (χ2v) is 8.11. The van der Waals surface area contributed by atoms with Gasteiger partial charge in [0.05, 0.1) is 5.60 Å². The van der Waals surface area contributed by atoms with E-state index in [4.69, 9.17) is 0 Å². The Morgan fingerprint density at radius 2 is 1.85 bits per heavy atom. The largest absolute Gasteiger partial charge is 0.388 e. The van der Waals surface area contributed by atoms with Crippen molar-refractivity contribution in [2.75, 3.05) is 26.7 Å². The van der Waals surface area contributed by atoms with Crippen LogP contribution in [0.15, 0.2) is 4.99 Å². The minimum Gasteiger partial charge on any atom is -0.388 e. The van der Waals surface area contributed by atoms with Crippen LogP contribution in [0.2, 0.25) is 0 Å². The van der Waals surface area contributed by atoms with E-state index in [9.17, 15) is 9.90 Å². The van der Waals surface area contributed by atoms with Gasteiger partial charge in [-0.15, -0.1) is 24.0 Å². The number of halogens is 1. The number of hydrogen-bond donors (Lipinski definition) is 3. The van der Waals surface area contributed by atoms with Crippen LogP contribution in [-0.4, -0.2) is 60.2 Å². The number of rotatable bonds is 4. The fourth-order valence-corrected chi connectivity index (χ4v) is 4.53. The van der Waals surface area contributed by atoms with Gasteiger partial charge in [-0.2, -0.15) is 0 Å². The van der Waals surface area contributed by atoms with Crippen molar-refractivity contribution in [2.45, 2.75) is 75.9 Å². The molecular weight excluding hydrogens is 443 g/mol. The maximum atomic E-state index is 12.7. The number of aliphatic hydroxyl groups is 1. The van der Waals surface area contributed by atoms with Crippen molar-refractivity contribution in [3.8, 4) is 0 Å². The van der Waals surface area contributed by atoms with E-state index in [0.717, 1.165) is 64.0 Å². The molecule has 1 unspecified atom stereocenters. The maximum Gasteiger partial charge on any atom is 0.225 e. The van der Waals surface area contributed by atoms with Crippen LogP contribution >= 0.6 is 24.0 Å². The van der Waals surface area contributed by atoms with E-state index in [1.807, 2.05) is 4.90 Å². The smallest absolute Gasteiger partial charge is 0.225 e. The molecule has 2 aliphatic carbocycles. The number of aliphatic imine (C=N–C) groups is 1. The number of nitrogens with zero attached hydrogens (tertiary/aromatic N) is 2. The fraction of sp³-hybridized carbons (Fsp3) is 0.895. The number of carbonyl (C=O) groups excluding carboxylic acids is 1. The van der Waals surface area contributed by atoms with Gasteiger partial charge in [0.1, 0.15) is 0 Å². The van der Waals surface area contributed by atoms with Gasteiger partial charge < -0.3 is 20.6 Å². The molecule has 0 aromatic carbocycles. The van der Waals surface area contributed by atoms with E-state index >= 15 is 0 Å². The highest BCUT2D eigenvalue weighted by Crippen LogP contribution is 2.29. The first kappa shape index (κ1) is 21.7. The number of carbonyl (C=O) groups is 1. The molecule has 3 aliphatic rings. The molecule has 3 rings (SSSR count). The van der Waals surface area contributed by atoms with E-state index in [2.05, 4.69) is 15.6 Å². The zero-order valence-electron chi connectivity index (χ0n) is 16.0. The molecule has 0 aromatic heterocycles. The lowest BCUT2D eigenvalue weighted by Gasteiger charge is -2.27. The Bertz CT molecular complexity index is 488. The highest BCUT2D eigenvalue weighted by Gasteiger charge is 2.33. The van der Waals surface area contributed by atoms with E-state index in [0.29, 0.717) is 12.5 Å². The normalized spacial score (nSPS) is 26.5. The van der Waals surface area contributed by atoms with Crippen LogP contribution in [0.1, 0.15) is 64.2 Å². The first-order valence-corrected chi connectivity index (χ1v) is 10.1. The Kier molecular flexibility index (Phi) is 8.44. The monoisotopic (exact) mass is 478 g/mol. The summed E-state index contributed by atoms with van der Waals surface area (Å²) in [7, 11) is 1.76. The molecule has 3 N–H and O–H groups in total. The summed E-state index contributed by atoms with van der Waals surface area (Å²) in [5.74, 6) is 1.34. The lowest BCUT2D eigenvalue weighted by atomic mass is 9.88. The third-order valence-corrected chi connectivity index (χ3v) is 6.14. The van der Waals surface area contributed by atoms with Gasteiger partial charge in [-0.05, 0) is 32.1 Å². The molecule has 0 radical (unpaired) electrons. The summed E-state index contributed by atoms with van der Waals surface area (Å²) in [4.78, 5) is 19.0. The van der Waals surface area contributed by atoms with Crippen molar-refractivity contribution in [1.29, 1.82) is 0 Å². The second kappa shape index (κ2) is 10.1. The van der Waals surface area contributed by atoms with E-state index in [-0.39, 0.29) is 35.9 Å². The Morgan fingerprint density at radius 1 is 1.15 bits per heavy atom. The van der Waals surface area contributed by atoms with E-state index in [1.54, 1.807) is 7.05 Å². The van der Waals surface area contributed by atoms with Crippen molar-refractivity contribution >= 4 is 35.8 Å². The highest BCUT2D eigenvalue weighted by atomic mass is 127. The van der Waals surface area contributed by atoms with Crippen molar-refractivity contribution in [1.82, 2.24) is 15.5 Å². The van der Waals surface area contributed by atoms with Gasteiger partial charge in [-0.3, -0.25) is 9.79 Å². The van der Waals surface area contributed by atoms with Crippen LogP contribution in [0.3, 0.4) is 0 Å². The second-order valence-electron chi connectivity index (χ2n) is 8.11. The zero-order chi connectivity index (χ0) is 17.7. The predicted molar refractivity (Wildman–Crippen MR) is 115 cm³/mol. The number of guanidine groups is 1. The lowest BCUT2D eigenvalue weighted by molar-refractivity contribution is -0.135. The minimum atomic E-state index is -0.587. The van der Waals surface area contributed by atoms with Crippen molar-refractivity contribution in [2.24, 2.45) is 10.9 Å². The lowest BCUT2D eigenvalue weighted by Crippen LogP contribution is -2.49. The van der Waals surface area contributed by atoms with E-state index in [1.165, 1.54) is 19.3 Å². The maximum absolute atomic E-state index is 12.7. The molecule has 3 fully saturated rings. The molecule has 1 atom stereocenters. The summed E-state index contributed by atoms with van der Waals surface area (Å²) in [5.41, 5.74) is -0.587. The van der Waals surface area contributed by atoms with Crippen LogP contribution in [0.25, 0.3) is 0 Å². The van der Waals surface area contributed by atoms with Gasteiger partial charge in [-0.1, -0.05) is 32.1 Å². The Hall–Kier alpha value is -0.570. The number of hydrogen-bond acceptors (Lipinski definition) is 3. The third kappa shape index (κ3) is 5.71. The van der Waals surface area contributed by atoms with Crippen molar-refractivity contribution < 1.29 is 9.90 Å². The quantitative estimate of drug-likeness (QED) is 0.329. The molecule has 1 amide bonds. The molecule has 0 bridgehead atoms. The first-order chi connectivity index (χ1) is 12.1. The summed E-state index contributed by atoms with van der Waals surface area (Å²) in [6.45, 7) is 2.15. The van der Waals surface area contributed by atoms with Gasteiger partial charge in [0.15, 0.2) is 5.96 Å². The summed E-state index contributed by atoms with van der Waals surface area (Å²) in [6.07, 6.45) is 10.7. The summed E-state index contributed by atoms with van der Waals surface area (Å²) in [5, 5.41) is 17.2. The average molecular weight is 478 g/mol. The van der Waals surface area contributed by atoms with Gasteiger partial charge in [0, 0.05) is 38.6 Å². The van der Waals surface area contributed by atoms with Gasteiger partial charge in [-0.25, -0.2) is 0 Å². The first-order valence-electron chi connectivity index (χ1n) is 10.1. The number of amides is 1. The Labute approximate surface area is 174 Å². The van der Waals surface area contributed by atoms with Gasteiger partial charge in [0.25, 0.3) is 0 Å². The van der Waals surface area contributed by atoms with Crippen LogP contribution in [0.4, 0.5) is 0 Å². The van der Waals surface area contributed by atoms with E-state index < -0.39 is 5.60 Å². The van der Waals surface area contributed by atoms with Crippen LogP contribution < -0.4 is 10.6 Å². The number of likely N-dealkylation sites (tertiary alicyclic amines) is 1. The molecular formula is C19H35IN4O2. The standard InChI is InChI=1S/C19H34N4O2.HI/c1-20-18(21-14-19(25)10-5-6-11-19)22-16-9-12-23(13-16)17(24)15-7-3-2-4-8-15;/h15-16,25H,2-14H2,1H3,(H2,20,21,22);1H. The fourth-order valence-electron chi connectivity index (χ4n) is 4.53. The molecule has 150 valence electrons. The molecule has 0 aromatic rings. The summed E-state index contributed by atoms with van der Waals surface area (Å²) >= 11 is 0. The third-order valence-electron chi connectivity index (χ3n) is 6.14. The molecule has 1 saturated heterocycles. The zero-order valence-corrected chi connectivity index (χ0v) is 18.3. The Balaban J connectivity index is 0.00000243. The summed E-state index contributed by atoms with van der Waals surface area (Å²) < 4.78 is 0. The molecule has 26 heavy (non-hydrogen) atoms. The molecule has 7 heteroatoms. The van der Waals surface area contributed by atoms with Crippen molar-refractivity contribution in [3.63, 3.8) is 0 Å². The van der Waals surface area contributed by atoms with Crippen LogP contribution in [0, 0.1) is 5.92 Å². The molecule has 1 aliphatic heterocycles. The predicted octanol–water partition coefficient (Wildman–Crippen LogP) is 2.26. The van der Waals surface area contributed by atoms with Gasteiger partial charge >= 0.3 is 0 Å².